The quantitative estimate of drug-likeness (QED) is 0.917. The third-order valence-electron chi connectivity index (χ3n) is 4.20. The fourth-order valence-corrected chi connectivity index (χ4v) is 2.78. The first-order chi connectivity index (χ1) is 9.58. The van der Waals surface area contributed by atoms with Crippen LogP contribution in [0.2, 0.25) is 0 Å². The molecule has 2 N–H and O–H groups in total. The van der Waals surface area contributed by atoms with Crippen molar-refractivity contribution in [2.45, 2.75) is 31.3 Å². The highest BCUT2D eigenvalue weighted by Gasteiger charge is 2.27. The number of halogens is 1. The molecule has 0 radical (unpaired) electrons. The molecule has 1 aromatic carbocycles. The van der Waals surface area contributed by atoms with Gasteiger partial charge >= 0.3 is 0 Å². The first kappa shape index (κ1) is 18.0. The van der Waals surface area contributed by atoms with E-state index in [0.717, 1.165) is 31.5 Å². The summed E-state index contributed by atoms with van der Waals surface area (Å²) in [6.07, 6.45) is 2.68. The molecule has 1 saturated heterocycles. The lowest BCUT2D eigenvalue weighted by atomic mass is 10.0. The molecule has 0 aliphatic carbocycles. The van der Waals surface area contributed by atoms with Crippen LogP contribution in [0.5, 0.6) is 0 Å². The van der Waals surface area contributed by atoms with E-state index in [-0.39, 0.29) is 18.3 Å². The fraction of sp³-hybridized carbons (Fsp3) is 0.562. The summed E-state index contributed by atoms with van der Waals surface area (Å²) in [6, 6.07) is 9.86. The van der Waals surface area contributed by atoms with E-state index in [0.29, 0.717) is 12.5 Å². The van der Waals surface area contributed by atoms with Gasteiger partial charge < -0.3 is 15.5 Å². The molecule has 1 heterocycles. The normalized spacial score (nSPS) is 17.9. The number of benzene rings is 1. The molecular formula is C16H26ClN3O. The van der Waals surface area contributed by atoms with Gasteiger partial charge in [0.25, 0.3) is 0 Å². The molecule has 118 valence electrons. The zero-order valence-electron chi connectivity index (χ0n) is 12.9. The van der Waals surface area contributed by atoms with Gasteiger partial charge in [-0.15, -0.1) is 12.4 Å². The minimum atomic E-state index is -0.443. The third kappa shape index (κ3) is 4.99. The Morgan fingerprint density at radius 2 is 1.90 bits per heavy atom. The van der Waals surface area contributed by atoms with E-state index in [1.807, 2.05) is 42.3 Å². The predicted molar refractivity (Wildman–Crippen MR) is 88.7 cm³/mol. The van der Waals surface area contributed by atoms with Crippen molar-refractivity contribution in [3.8, 4) is 0 Å². The van der Waals surface area contributed by atoms with Gasteiger partial charge in [0.05, 0.1) is 6.04 Å². The lowest BCUT2D eigenvalue weighted by Gasteiger charge is -2.36. The number of carbonyl (C=O) groups is 1. The van der Waals surface area contributed by atoms with Crippen molar-refractivity contribution in [2.24, 2.45) is 5.73 Å². The molecule has 1 aromatic rings. The van der Waals surface area contributed by atoms with Gasteiger partial charge in [-0.1, -0.05) is 30.3 Å². The summed E-state index contributed by atoms with van der Waals surface area (Å²) in [4.78, 5) is 16.6. The van der Waals surface area contributed by atoms with E-state index < -0.39 is 6.04 Å². The van der Waals surface area contributed by atoms with E-state index in [2.05, 4.69) is 11.9 Å². The molecule has 0 saturated carbocycles. The Morgan fingerprint density at radius 3 is 2.48 bits per heavy atom. The van der Waals surface area contributed by atoms with Gasteiger partial charge in [0.2, 0.25) is 5.91 Å². The van der Waals surface area contributed by atoms with E-state index in [4.69, 9.17) is 5.73 Å². The lowest BCUT2D eigenvalue weighted by molar-refractivity contribution is -0.134. The summed E-state index contributed by atoms with van der Waals surface area (Å²) in [6.45, 7) is 2.10. The highest BCUT2D eigenvalue weighted by atomic mass is 35.5. The van der Waals surface area contributed by atoms with E-state index in [1.54, 1.807) is 0 Å². The van der Waals surface area contributed by atoms with Crippen LogP contribution in [0.25, 0.3) is 0 Å². The largest absolute Gasteiger partial charge is 0.341 e. The van der Waals surface area contributed by atoms with Crippen LogP contribution in [0.15, 0.2) is 30.3 Å². The van der Waals surface area contributed by atoms with Crippen LogP contribution in [0.3, 0.4) is 0 Å². The standard InChI is InChI=1S/C16H25N3O.ClH/c1-18-10-8-14(9-11-18)19(2)16(20)15(17)12-13-6-4-3-5-7-13;/h3-7,14-15H,8-12,17H2,1-2H3;1H. The molecule has 1 unspecified atom stereocenters. The van der Waals surface area contributed by atoms with Crippen molar-refractivity contribution in [3.63, 3.8) is 0 Å². The number of likely N-dealkylation sites (N-methyl/N-ethyl adjacent to an activating group) is 1. The zero-order chi connectivity index (χ0) is 14.5. The lowest BCUT2D eigenvalue weighted by Crippen LogP contribution is -2.50. The first-order valence-corrected chi connectivity index (χ1v) is 7.32. The number of nitrogens with two attached hydrogens (primary N) is 1. The maximum absolute atomic E-state index is 12.4. The summed E-state index contributed by atoms with van der Waals surface area (Å²) in [5, 5.41) is 0. The molecular weight excluding hydrogens is 286 g/mol. The number of hydrogen-bond donors (Lipinski definition) is 1. The van der Waals surface area contributed by atoms with Gasteiger partial charge in [-0.25, -0.2) is 0 Å². The number of likely N-dealkylation sites (tertiary alicyclic amines) is 1. The van der Waals surface area contributed by atoms with Crippen molar-refractivity contribution in [1.82, 2.24) is 9.80 Å². The second kappa shape index (κ2) is 8.37. The van der Waals surface area contributed by atoms with Crippen LogP contribution in [-0.2, 0) is 11.2 Å². The molecule has 1 atom stereocenters. The summed E-state index contributed by atoms with van der Waals surface area (Å²) in [5.74, 6) is 0.0587. The fourth-order valence-electron chi connectivity index (χ4n) is 2.78. The molecule has 1 fully saturated rings. The van der Waals surface area contributed by atoms with Crippen LogP contribution >= 0.6 is 12.4 Å². The average Bonchev–Trinajstić information content (AvgIpc) is 2.47. The Morgan fingerprint density at radius 1 is 1.33 bits per heavy atom. The Kier molecular flexibility index (Phi) is 7.15. The van der Waals surface area contributed by atoms with Crippen molar-refractivity contribution < 1.29 is 4.79 Å². The Labute approximate surface area is 133 Å². The second-order valence-corrected chi connectivity index (χ2v) is 5.78. The molecule has 4 nitrogen and oxygen atoms in total. The number of piperidine rings is 1. The molecule has 2 rings (SSSR count). The van der Waals surface area contributed by atoms with Gasteiger partial charge in [0.15, 0.2) is 0 Å². The van der Waals surface area contributed by atoms with E-state index in [9.17, 15) is 4.79 Å². The number of hydrogen-bond acceptors (Lipinski definition) is 3. The molecule has 0 aromatic heterocycles. The van der Waals surface area contributed by atoms with Gasteiger partial charge in [0.1, 0.15) is 0 Å². The zero-order valence-corrected chi connectivity index (χ0v) is 13.7. The highest BCUT2D eigenvalue weighted by Crippen LogP contribution is 2.15. The predicted octanol–water partition coefficient (Wildman–Crippen LogP) is 1.53. The topological polar surface area (TPSA) is 49.6 Å². The molecule has 21 heavy (non-hydrogen) atoms. The number of carbonyl (C=O) groups excluding carboxylic acids is 1. The Balaban J connectivity index is 0.00000220. The monoisotopic (exact) mass is 311 g/mol. The third-order valence-corrected chi connectivity index (χ3v) is 4.20. The van der Waals surface area contributed by atoms with Crippen molar-refractivity contribution in [2.75, 3.05) is 27.2 Å². The Bertz CT molecular complexity index is 432. The second-order valence-electron chi connectivity index (χ2n) is 5.78. The molecule has 0 spiro atoms. The smallest absolute Gasteiger partial charge is 0.239 e. The Hall–Kier alpha value is -1.10. The number of nitrogens with zero attached hydrogens (tertiary/aromatic N) is 2. The number of rotatable bonds is 4. The van der Waals surface area contributed by atoms with Gasteiger partial charge in [-0.3, -0.25) is 4.79 Å². The van der Waals surface area contributed by atoms with Gasteiger partial charge in [0, 0.05) is 13.1 Å². The molecule has 1 amide bonds. The summed E-state index contributed by atoms with van der Waals surface area (Å²) < 4.78 is 0. The maximum atomic E-state index is 12.4. The van der Waals surface area contributed by atoms with Crippen molar-refractivity contribution in [1.29, 1.82) is 0 Å². The van der Waals surface area contributed by atoms with Crippen LogP contribution in [-0.4, -0.2) is 55.0 Å². The van der Waals surface area contributed by atoms with Crippen LogP contribution < -0.4 is 5.73 Å². The van der Waals surface area contributed by atoms with Gasteiger partial charge in [-0.2, -0.15) is 0 Å². The summed E-state index contributed by atoms with van der Waals surface area (Å²) >= 11 is 0. The average molecular weight is 312 g/mol. The molecule has 1 aliphatic rings. The van der Waals surface area contributed by atoms with Gasteiger partial charge in [-0.05, 0) is 45.0 Å². The number of amides is 1. The van der Waals surface area contributed by atoms with E-state index >= 15 is 0 Å². The SMILES string of the molecule is CN1CCC(N(C)C(=O)C(N)Cc2ccccc2)CC1.Cl. The summed E-state index contributed by atoms with van der Waals surface area (Å²) in [7, 11) is 4.02. The molecule has 5 heteroatoms. The minimum absolute atomic E-state index is 0. The first-order valence-electron chi connectivity index (χ1n) is 7.32. The molecule has 1 aliphatic heterocycles. The molecule has 0 bridgehead atoms. The van der Waals surface area contributed by atoms with Crippen molar-refractivity contribution >= 4 is 18.3 Å². The highest BCUT2D eigenvalue weighted by molar-refractivity contribution is 5.85. The van der Waals surface area contributed by atoms with Crippen LogP contribution in [0.4, 0.5) is 0 Å². The summed E-state index contributed by atoms with van der Waals surface area (Å²) in [5.41, 5.74) is 7.20. The van der Waals surface area contributed by atoms with E-state index in [1.165, 1.54) is 0 Å². The van der Waals surface area contributed by atoms with Crippen LogP contribution in [0, 0.1) is 0 Å². The van der Waals surface area contributed by atoms with Crippen LogP contribution in [0.1, 0.15) is 18.4 Å². The minimum Gasteiger partial charge on any atom is -0.341 e. The van der Waals surface area contributed by atoms with Crippen molar-refractivity contribution in [3.05, 3.63) is 35.9 Å². The maximum Gasteiger partial charge on any atom is 0.239 e.